The Kier molecular flexibility index (Phi) is 7.28. The number of anilines is 1. The summed E-state index contributed by atoms with van der Waals surface area (Å²) in [6, 6.07) is 11.4. The van der Waals surface area contributed by atoms with E-state index in [1.54, 1.807) is 55.7 Å². The number of ether oxygens (including phenoxy) is 2. The molecule has 10 heteroatoms. The third-order valence-corrected chi connectivity index (χ3v) is 4.70. The van der Waals surface area contributed by atoms with Crippen molar-refractivity contribution in [3.05, 3.63) is 54.1 Å². The molecule has 0 aliphatic carbocycles. The van der Waals surface area contributed by atoms with Crippen LogP contribution in [0.4, 0.5) is 5.69 Å². The van der Waals surface area contributed by atoms with Crippen molar-refractivity contribution in [2.75, 3.05) is 19.0 Å². The topological polar surface area (TPSA) is 120 Å². The van der Waals surface area contributed by atoms with E-state index in [0.717, 1.165) is 17.3 Å². The number of fused-ring (bicyclic) bond motifs is 1. The molecule has 1 aromatic heterocycles. The van der Waals surface area contributed by atoms with Crippen LogP contribution in [0.25, 0.3) is 17.1 Å². The molecule has 0 spiro atoms. The minimum absolute atomic E-state index is 0.465. The molecule has 0 radical (unpaired) electrons. The zero-order valence-corrected chi connectivity index (χ0v) is 17.6. The maximum absolute atomic E-state index is 12.1. The minimum Gasteiger partial charge on any atom is -0.497 e. The third-order valence-electron chi connectivity index (χ3n) is 4.16. The zero-order valence-electron chi connectivity index (χ0n) is 16.8. The number of carbonyl (C=O) groups is 3. The van der Waals surface area contributed by atoms with Gasteiger partial charge in [0.2, 0.25) is 5.91 Å². The summed E-state index contributed by atoms with van der Waals surface area (Å²) in [6.07, 6.45) is 2.91. The Morgan fingerprint density at radius 1 is 1.13 bits per heavy atom. The summed E-state index contributed by atoms with van der Waals surface area (Å²) in [4.78, 5) is 36.2. The fourth-order valence-electron chi connectivity index (χ4n) is 2.56. The van der Waals surface area contributed by atoms with Crippen molar-refractivity contribution in [2.45, 2.75) is 13.0 Å². The average Bonchev–Trinajstić information content (AvgIpc) is 3.26. The maximum atomic E-state index is 12.1. The molecule has 1 heterocycles. The first-order valence-corrected chi connectivity index (χ1v) is 9.99. The molecule has 0 saturated heterocycles. The van der Waals surface area contributed by atoms with E-state index in [9.17, 15) is 14.4 Å². The van der Waals surface area contributed by atoms with Gasteiger partial charge >= 0.3 is 5.97 Å². The molecule has 0 aliphatic rings. The van der Waals surface area contributed by atoms with E-state index in [1.807, 2.05) is 0 Å². The Hall–Kier alpha value is -3.79. The molecular weight excluding hydrogens is 420 g/mol. The van der Waals surface area contributed by atoms with Gasteiger partial charge in [0.1, 0.15) is 22.8 Å². The number of esters is 1. The second-order valence-electron chi connectivity index (χ2n) is 6.43. The number of methoxy groups -OCH3 is 1. The van der Waals surface area contributed by atoms with Crippen LogP contribution in [0.15, 0.2) is 48.5 Å². The van der Waals surface area contributed by atoms with E-state index in [1.165, 1.54) is 13.0 Å². The summed E-state index contributed by atoms with van der Waals surface area (Å²) in [7, 11) is 1.57. The highest BCUT2D eigenvalue weighted by Crippen LogP contribution is 2.20. The van der Waals surface area contributed by atoms with Crippen molar-refractivity contribution in [3.63, 3.8) is 0 Å². The van der Waals surface area contributed by atoms with E-state index in [0.29, 0.717) is 22.5 Å². The van der Waals surface area contributed by atoms with Crippen LogP contribution in [0.3, 0.4) is 0 Å². The summed E-state index contributed by atoms with van der Waals surface area (Å²) in [6.45, 7) is 0.982. The van der Waals surface area contributed by atoms with Gasteiger partial charge in [0, 0.05) is 6.08 Å². The molecule has 2 N–H and O–H groups in total. The van der Waals surface area contributed by atoms with Gasteiger partial charge in [0.05, 0.1) is 24.5 Å². The Labute approximate surface area is 182 Å². The Balaban J connectivity index is 1.45. The lowest BCUT2D eigenvalue weighted by Crippen LogP contribution is -2.39. The first kappa shape index (κ1) is 21.9. The summed E-state index contributed by atoms with van der Waals surface area (Å²) in [5.74, 6) is -1.00. The number of rotatable bonds is 8. The number of hydrogen-bond acceptors (Lipinski definition) is 8. The SMILES string of the molecule is COc1ccc(/C=C/C(=O)N[C@@H](C)C(=O)OCC(=O)Nc2cccc3nsnc23)cc1. The van der Waals surface area contributed by atoms with Gasteiger partial charge in [-0.15, -0.1) is 0 Å². The van der Waals surface area contributed by atoms with Gasteiger partial charge in [0.25, 0.3) is 5.91 Å². The Morgan fingerprint density at radius 2 is 1.90 bits per heavy atom. The van der Waals surface area contributed by atoms with Gasteiger partial charge in [0.15, 0.2) is 6.61 Å². The van der Waals surface area contributed by atoms with E-state index in [2.05, 4.69) is 19.4 Å². The van der Waals surface area contributed by atoms with Crippen molar-refractivity contribution in [2.24, 2.45) is 0 Å². The van der Waals surface area contributed by atoms with Gasteiger partial charge in [-0.2, -0.15) is 8.75 Å². The molecule has 9 nitrogen and oxygen atoms in total. The van der Waals surface area contributed by atoms with Crippen LogP contribution in [-0.4, -0.2) is 46.3 Å². The average molecular weight is 440 g/mol. The normalized spacial score (nSPS) is 11.8. The summed E-state index contributed by atoms with van der Waals surface area (Å²) in [5, 5.41) is 5.13. The number of benzene rings is 2. The second kappa shape index (κ2) is 10.3. The van der Waals surface area contributed by atoms with Gasteiger partial charge in [-0.3, -0.25) is 9.59 Å². The molecule has 3 rings (SSSR count). The van der Waals surface area contributed by atoms with Gasteiger partial charge in [-0.05, 0) is 42.8 Å². The second-order valence-corrected chi connectivity index (χ2v) is 6.96. The van der Waals surface area contributed by atoms with Gasteiger partial charge in [-0.25, -0.2) is 4.79 Å². The largest absolute Gasteiger partial charge is 0.497 e. The van der Waals surface area contributed by atoms with Crippen molar-refractivity contribution >= 4 is 52.3 Å². The standard InChI is InChI=1S/C21H20N4O5S/c1-13(22-18(26)11-8-14-6-9-15(29-2)10-7-14)21(28)30-12-19(27)23-16-4-3-5-17-20(16)25-31-24-17/h3-11,13H,12H2,1-2H3,(H,22,26)(H,23,27)/b11-8+/t13-/m0/s1. The maximum Gasteiger partial charge on any atom is 0.328 e. The molecule has 1 atom stereocenters. The lowest BCUT2D eigenvalue weighted by molar-refractivity contribution is -0.149. The molecule has 160 valence electrons. The zero-order chi connectivity index (χ0) is 22.2. The summed E-state index contributed by atoms with van der Waals surface area (Å²) >= 11 is 1.04. The predicted octanol–water partition coefficient (Wildman–Crippen LogP) is 2.40. The summed E-state index contributed by atoms with van der Waals surface area (Å²) in [5.41, 5.74) is 2.51. The van der Waals surface area contributed by atoms with Crippen molar-refractivity contribution < 1.29 is 23.9 Å². The fraction of sp³-hybridized carbons (Fsp3) is 0.190. The van der Waals surface area contributed by atoms with E-state index >= 15 is 0 Å². The van der Waals surface area contributed by atoms with Crippen LogP contribution >= 0.6 is 11.7 Å². The van der Waals surface area contributed by atoms with Gasteiger partial charge in [-0.1, -0.05) is 18.2 Å². The molecular formula is C21H20N4O5S. The predicted molar refractivity (Wildman–Crippen MR) is 117 cm³/mol. The van der Waals surface area contributed by atoms with Crippen LogP contribution in [0.1, 0.15) is 12.5 Å². The Morgan fingerprint density at radius 3 is 2.65 bits per heavy atom. The molecule has 2 aromatic carbocycles. The van der Waals surface area contributed by atoms with Crippen LogP contribution in [0.2, 0.25) is 0 Å². The number of amides is 2. The summed E-state index contributed by atoms with van der Waals surface area (Å²) < 4.78 is 18.3. The first-order valence-electron chi connectivity index (χ1n) is 9.26. The number of aromatic nitrogens is 2. The van der Waals surface area contributed by atoms with Crippen LogP contribution in [0.5, 0.6) is 5.75 Å². The van der Waals surface area contributed by atoms with E-state index < -0.39 is 30.4 Å². The molecule has 0 unspecified atom stereocenters. The highest BCUT2D eigenvalue weighted by molar-refractivity contribution is 7.00. The fourth-order valence-corrected chi connectivity index (χ4v) is 3.11. The number of hydrogen-bond donors (Lipinski definition) is 2. The highest BCUT2D eigenvalue weighted by atomic mass is 32.1. The molecule has 0 bridgehead atoms. The van der Waals surface area contributed by atoms with Crippen LogP contribution in [0, 0.1) is 0 Å². The monoisotopic (exact) mass is 440 g/mol. The van der Waals surface area contributed by atoms with Crippen molar-refractivity contribution in [3.8, 4) is 5.75 Å². The molecule has 3 aromatic rings. The highest BCUT2D eigenvalue weighted by Gasteiger charge is 2.18. The van der Waals surface area contributed by atoms with Crippen LogP contribution in [-0.2, 0) is 19.1 Å². The third kappa shape index (κ3) is 6.09. The smallest absolute Gasteiger partial charge is 0.328 e. The number of carbonyl (C=O) groups excluding carboxylic acids is 3. The molecule has 0 saturated carbocycles. The first-order chi connectivity index (χ1) is 15.0. The number of nitrogens with one attached hydrogen (secondary N) is 2. The Bertz CT molecular complexity index is 1110. The molecule has 0 aliphatic heterocycles. The molecule has 31 heavy (non-hydrogen) atoms. The van der Waals surface area contributed by atoms with Crippen molar-refractivity contribution in [1.82, 2.24) is 14.1 Å². The lowest BCUT2D eigenvalue weighted by Gasteiger charge is -2.12. The number of nitrogens with zero attached hydrogens (tertiary/aromatic N) is 2. The van der Waals surface area contributed by atoms with E-state index in [-0.39, 0.29) is 0 Å². The van der Waals surface area contributed by atoms with E-state index in [4.69, 9.17) is 9.47 Å². The lowest BCUT2D eigenvalue weighted by atomic mass is 10.2. The van der Waals surface area contributed by atoms with Crippen molar-refractivity contribution in [1.29, 1.82) is 0 Å². The quantitative estimate of drug-likeness (QED) is 0.408. The van der Waals surface area contributed by atoms with Crippen LogP contribution < -0.4 is 15.4 Å². The minimum atomic E-state index is -0.924. The molecule has 2 amide bonds. The van der Waals surface area contributed by atoms with Gasteiger partial charge < -0.3 is 20.1 Å². The molecule has 0 fully saturated rings.